The summed E-state index contributed by atoms with van der Waals surface area (Å²) in [5, 5.41) is 0.702. The molecule has 0 amide bonds. The van der Waals surface area contributed by atoms with Crippen LogP contribution in [0.3, 0.4) is 0 Å². The lowest BCUT2D eigenvalue weighted by molar-refractivity contribution is 0.360. The summed E-state index contributed by atoms with van der Waals surface area (Å²) in [6, 6.07) is 9.58. The van der Waals surface area contributed by atoms with Gasteiger partial charge < -0.3 is 4.74 Å². The summed E-state index contributed by atoms with van der Waals surface area (Å²) in [7, 11) is 0. The molecule has 0 aliphatic heterocycles. The molecule has 0 bridgehead atoms. The van der Waals surface area contributed by atoms with E-state index in [-0.39, 0.29) is 0 Å². The number of hydrogen-bond donors (Lipinski definition) is 0. The maximum Gasteiger partial charge on any atom is 0.142 e. The Morgan fingerprint density at radius 1 is 1.27 bits per heavy atom. The van der Waals surface area contributed by atoms with Crippen LogP contribution >= 0.6 is 43.5 Å². The Bertz CT molecular complexity index is 729. The SMILES string of the molecule is C=CCOc1c(Br)cc(Br)cc1C=Nc1ccc(C)c(Cl)c1. The zero-order valence-corrected chi connectivity index (χ0v) is 15.9. The lowest BCUT2D eigenvalue weighted by Crippen LogP contribution is -1.98. The molecular formula is C17H14Br2ClNO. The molecule has 0 N–H and O–H groups in total. The van der Waals surface area contributed by atoms with Crippen LogP contribution in [0.1, 0.15) is 11.1 Å². The second-order valence-electron chi connectivity index (χ2n) is 4.60. The molecule has 0 saturated carbocycles. The highest BCUT2D eigenvalue weighted by atomic mass is 79.9. The van der Waals surface area contributed by atoms with E-state index in [1.165, 1.54) is 0 Å². The van der Waals surface area contributed by atoms with E-state index in [2.05, 4.69) is 43.4 Å². The van der Waals surface area contributed by atoms with Crippen LogP contribution in [-0.2, 0) is 0 Å². The van der Waals surface area contributed by atoms with Gasteiger partial charge in [0.25, 0.3) is 0 Å². The minimum Gasteiger partial charge on any atom is -0.488 e. The van der Waals surface area contributed by atoms with Gasteiger partial charge in [0.05, 0.1) is 10.2 Å². The number of hydrogen-bond acceptors (Lipinski definition) is 2. The molecule has 0 aromatic heterocycles. The van der Waals surface area contributed by atoms with Crippen LogP contribution in [0.15, 0.2) is 56.9 Å². The molecule has 5 heteroatoms. The monoisotopic (exact) mass is 441 g/mol. The second kappa shape index (κ2) is 7.95. The van der Waals surface area contributed by atoms with Crippen molar-refractivity contribution in [3.63, 3.8) is 0 Å². The number of ether oxygens (including phenoxy) is 1. The van der Waals surface area contributed by atoms with Gasteiger partial charge in [-0.05, 0) is 52.7 Å². The van der Waals surface area contributed by atoms with Crippen molar-refractivity contribution in [3.05, 3.63) is 68.1 Å². The molecule has 0 aliphatic rings. The van der Waals surface area contributed by atoms with Crippen LogP contribution in [-0.4, -0.2) is 12.8 Å². The minimum atomic E-state index is 0.428. The topological polar surface area (TPSA) is 21.6 Å². The summed E-state index contributed by atoms with van der Waals surface area (Å²) >= 11 is 13.1. The quantitative estimate of drug-likeness (QED) is 0.382. The first-order chi connectivity index (χ1) is 10.5. The fourth-order valence-electron chi connectivity index (χ4n) is 1.78. The summed E-state index contributed by atoms with van der Waals surface area (Å²) in [6.07, 6.45) is 3.46. The number of benzene rings is 2. The Kier molecular flexibility index (Phi) is 6.24. The largest absolute Gasteiger partial charge is 0.488 e. The number of aliphatic imine (C=N–C) groups is 1. The molecule has 0 unspecified atom stereocenters. The first-order valence-electron chi connectivity index (χ1n) is 6.54. The maximum atomic E-state index is 6.12. The van der Waals surface area contributed by atoms with Gasteiger partial charge in [-0.2, -0.15) is 0 Å². The summed E-state index contributed by atoms with van der Waals surface area (Å²) in [5.74, 6) is 0.727. The Morgan fingerprint density at radius 3 is 2.73 bits per heavy atom. The van der Waals surface area contributed by atoms with E-state index in [0.717, 1.165) is 31.5 Å². The molecule has 22 heavy (non-hydrogen) atoms. The van der Waals surface area contributed by atoms with Crippen molar-refractivity contribution in [2.45, 2.75) is 6.92 Å². The molecule has 2 aromatic rings. The molecule has 0 fully saturated rings. The van der Waals surface area contributed by atoms with Gasteiger partial charge in [-0.1, -0.05) is 46.3 Å². The zero-order valence-electron chi connectivity index (χ0n) is 11.9. The fourth-order valence-corrected chi connectivity index (χ4v) is 3.32. The molecule has 114 valence electrons. The van der Waals surface area contributed by atoms with Gasteiger partial charge in [-0.3, -0.25) is 4.99 Å². The van der Waals surface area contributed by atoms with E-state index in [9.17, 15) is 0 Å². The van der Waals surface area contributed by atoms with Crippen LogP contribution in [0.4, 0.5) is 5.69 Å². The molecule has 0 aliphatic carbocycles. The third-order valence-corrected chi connectivity index (χ3v) is 4.34. The average molecular weight is 444 g/mol. The number of rotatable bonds is 5. The number of aryl methyl sites for hydroxylation is 1. The van der Waals surface area contributed by atoms with Crippen LogP contribution < -0.4 is 4.74 Å². The predicted molar refractivity (Wildman–Crippen MR) is 101 cm³/mol. The van der Waals surface area contributed by atoms with Crippen LogP contribution in [0.25, 0.3) is 0 Å². The highest BCUT2D eigenvalue weighted by molar-refractivity contribution is 9.11. The molecule has 0 heterocycles. The van der Waals surface area contributed by atoms with E-state index < -0.39 is 0 Å². The molecule has 0 spiro atoms. The molecule has 0 radical (unpaired) electrons. The first-order valence-corrected chi connectivity index (χ1v) is 8.50. The first kappa shape index (κ1) is 17.3. The summed E-state index contributed by atoms with van der Waals surface area (Å²) in [6.45, 7) is 6.06. The van der Waals surface area contributed by atoms with Gasteiger partial charge in [-0.25, -0.2) is 0 Å². The highest BCUT2D eigenvalue weighted by Gasteiger charge is 2.08. The van der Waals surface area contributed by atoms with Crippen molar-refractivity contribution >= 4 is 55.4 Å². The Morgan fingerprint density at radius 2 is 2.05 bits per heavy atom. The van der Waals surface area contributed by atoms with E-state index in [1.54, 1.807) is 12.3 Å². The van der Waals surface area contributed by atoms with Crippen molar-refractivity contribution < 1.29 is 4.74 Å². The van der Waals surface area contributed by atoms with E-state index in [4.69, 9.17) is 16.3 Å². The Balaban J connectivity index is 2.36. The molecule has 2 aromatic carbocycles. The van der Waals surface area contributed by atoms with Crippen molar-refractivity contribution in [2.75, 3.05) is 6.61 Å². The van der Waals surface area contributed by atoms with Crippen molar-refractivity contribution in [2.24, 2.45) is 4.99 Å². The number of halogens is 3. The van der Waals surface area contributed by atoms with Gasteiger partial charge in [0.1, 0.15) is 12.4 Å². The predicted octanol–water partition coefficient (Wildman–Crippen LogP) is 6.49. The van der Waals surface area contributed by atoms with Gasteiger partial charge >= 0.3 is 0 Å². The lowest BCUT2D eigenvalue weighted by atomic mass is 10.2. The Hall–Kier alpha value is -1.10. The highest BCUT2D eigenvalue weighted by Crippen LogP contribution is 2.32. The van der Waals surface area contributed by atoms with Gasteiger partial charge in [-0.15, -0.1) is 0 Å². The molecule has 2 rings (SSSR count). The van der Waals surface area contributed by atoms with Crippen molar-refractivity contribution in [1.29, 1.82) is 0 Å². The van der Waals surface area contributed by atoms with Gasteiger partial charge in [0.2, 0.25) is 0 Å². The van der Waals surface area contributed by atoms with Gasteiger partial charge in [0.15, 0.2) is 0 Å². The van der Waals surface area contributed by atoms with Crippen molar-refractivity contribution in [3.8, 4) is 5.75 Å². The van der Waals surface area contributed by atoms with Crippen LogP contribution in [0.2, 0.25) is 5.02 Å². The minimum absolute atomic E-state index is 0.428. The van der Waals surface area contributed by atoms with E-state index in [0.29, 0.717) is 11.6 Å². The van der Waals surface area contributed by atoms with Crippen LogP contribution in [0, 0.1) is 6.92 Å². The average Bonchev–Trinajstić information content (AvgIpc) is 2.47. The molecular weight excluding hydrogens is 429 g/mol. The van der Waals surface area contributed by atoms with Crippen LogP contribution in [0.5, 0.6) is 5.75 Å². The second-order valence-corrected chi connectivity index (χ2v) is 6.77. The molecule has 2 nitrogen and oxygen atoms in total. The summed E-state index contributed by atoms with van der Waals surface area (Å²) in [4.78, 5) is 4.47. The maximum absolute atomic E-state index is 6.12. The zero-order chi connectivity index (χ0) is 16.1. The number of nitrogens with zero attached hydrogens (tertiary/aromatic N) is 1. The summed E-state index contributed by atoms with van der Waals surface area (Å²) < 4.78 is 7.49. The normalized spacial score (nSPS) is 10.9. The van der Waals surface area contributed by atoms with E-state index in [1.807, 2.05) is 37.3 Å². The third kappa shape index (κ3) is 4.45. The molecule has 0 saturated heterocycles. The summed E-state index contributed by atoms with van der Waals surface area (Å²) in [5.41, 5.74) is 2.68. The van der Waals surface area contributed by atoms with Crippen molar-refractivity contribution in [1.82, 2.24) is 0 Å². The standard InChI is InChI=1S/C17H14Br2ClNO/c1-3-6-22-17-12(7-13(18)8-15(17)19)10-21-14-5-4-11(2)16(20)9-14/h3-5,7-10H,1,6H2,2H3. The third-order valence-electron chi connectivity index (χ3n) is 2.89. The Labute approximate surface area is 152 Å². The van der Waals surface area contributed by atoms with Gasteiger partial charge in [0, 0.05) is 21.3 Å². The van der Waals surface area contributed by atoms with E-state index >= 15 is 0 Å². The smallest absolute Gasteiger partial charge is 0.142 e. The lowest BCUT2D eigenvalue weighted by Gasteiger charge is -2.10. The molecule has 0 atom stereocenters. The fraction of sp³-hybridized carbons (Fsp3) is 0.118.